The van der Waals surface area contributed by atoms with Crippen molar-refractivity contribution in [2.45, 2.75) is 6.92 Å². The molecule has 0 heterocycles. The van der Waals surface area contributed by atoms with E-state index in [1.54, 1.807) is 6.92 Å². The van der Waals surface area contributed by atoms with E-state index in [-0.39, 0.29) is 13.2 Å². The van der Waals surface area contributed by atoms with Crippen LogP contribution in [0.25, 0.3) is 0 Å². The van der Waals surface area contributed by atoms with Gasteiger partial charge in [-0.25, -0.2) is 4.79 Å². The van der Waals surface area contributed by atoms with E-state index in [9.17, 15) is 4.79 Å². The number of carbonyl (C=O) groups excluding carboxylic acids is 1. The summed E-state index contributed by atoms with van der Waals surface area (Å²) in [4.78, 5) is 18.4. The minimum atomic E-state index is -0.535. The number of aliphatic hydroxyl groups excluding tert-OH is 2. The second kappa shape index (κ2) is 259. The third-order valence-corrected chi connectivity index (χ3v) is 0.607. The first-order valence-electron chi connectivity index (χ1n) is 7.22. The summed E-state index contributed by atoms with van der Waals surface area (Å²) in [7, 11) is 1.26. The van der Waals surface area contributed by atoms with Crippen LogP contribution in [-0.4, -0.2) is 36.5 Å². The molecule has 0 atom stereocenters. The lowest BCUT2D eigenvalue weighted by atomic mass is 10.4. The number of aliphatic hydroxyl groups is 2. The quantitative estimate of drug-likeness (QED) is 0.260. The molecule has 28 heavy (non-hydrogen) atoms. The average molecular weight is 403 g/mol. The third kappa shape index (κ3) is 444. The van der Waals surface area contributed by atoms with Crippen LogP contribution in [-0.2, 0) is 14.6 Å². The normalized spacial score (nSPS) is 4.57. The largest absolute Gasteiger partial charge is 0.394 e. The fourth-order valence-corrected chi connectivity index (χ4v) is 0.147. The van der Waals surface area contributed by atoms with Crippen molar-refractivity contribution >= 4 is 5.97 Å². The molecule has 2 N–H and O–H groups in total. The van der Waals surface area contributed by atoms with Crippen molar-refractivity contribution < 1.29 is 24.8 Å². The Kier molecular flexibility index (Phi) is 591. The summed E-state index contributed by atoms with van der Waals surface area (Å²) < 4.78 is 0. The second-order valence-corrected chi connectivity index (χ2v) is 1.77. The van der Waals surface area contributed by atoms with Crippen molar-refractivity contribution in [1.29, 1.82) is 0 Å². The van der Waals surface area contributed by atoms with Crippen molar-refractivity contribution in [2.24, 2.45) is 0 Å². The van der Waals surface area contributed by atoms with E-state index in [2.05, 4.69) is 122 Å². The predicted octanol–water partition coefficient (Wildman–Crippen LogP) is 6.06. The molecule has 0 saturated carbocycles. The van der Waals surface area contributed by atoms with Gasteiger partial charge in [-0.15, -0.1) is 105 Å². The molecular weight excluding hydrogens is 356 g/mol. The van der Waals surface area contributed by atoms with E-state index < -0.39 is 5.97 Å². The Hall–Kier alpha value is -2.99. The second-order valence-electron chi connectivity index (χ2n) is 1.77. The Morgan fingerprint density at radius 1 is 0.643 bits per heavy atom. The molecule has 0 spiro atoms. The molecule has 0 amide bonds. The van der Waals surface area contributed by atoms with Gasteiger partial charge in [-0.3, -0.25) is 4.89 Å². The highest BCUT2D eigenvalue weighted by atomic mass is 17.2. The van der Waals surface area contributed by atoms with Crippen molar-refractivity contribution in [3.8, 4) is 0 Å². The number of carbonyl (C=O) groups is 1. The maximum atomic E-state index is 10.3. The van der Waals surface area contributed by atoms with Gasteiger partial charge in [-0.1, -0.05) is 6.58 Å². The molecule has 168 valence electrons. The minimum absolute atomic E-state index is 0.125. The van der Waals surface area contributed by atoms with Gasteiger partial charge in [0, 0.05) is 5.57 Å². The summed E-state index contributed by atoms with van der Waals surface area (Å²) in [5.74, 6) is -0.535. The zero-order valence-electron chi connectivity index (χ0n) is 18.6. The molecule has 0 aromatic rings. The van der Waals surface area contributed by atoms with E-state index in [1.807, 2.05) is 0 Å². The molecule has 0 bridgehead atoms. The molecule has 0 aliphatic heterocycles. The minimum Gasteiger partial charge on any atom is -0.394 e. The molecule has 5 heteroatoms. The van der Waals surface area contributed by atoms with Gasteiger partial charge in [-0.05, 0) is 6.92 Å². The molecule has 0 aliphatic carbocycles. The third-order valence-electron chi connectivity index (χ3n) is 0.607. The van der Waals surface area contributed by atoms with Crippen molar-refractivity contribution in [3.63, 3.8) is 0 Å². The molecule has 0 saturated heterocycles. The summed E-state index contributed by atoms with van der Waals surface area (Å²) in [6.07, 6.45) is 0. The first kappa shape index (κ1) is 64.0. The van der Waals surface area contributed by atoms with Gasteiger partial charge in [0.05, 0.1) is 20.3 Å². The number of hydrogen-bond donors (Lipinski definition) is 2. The van der Waals surface area contributed by atoms with Gasteiger partial charge in [0.1, 0.15) is 0 Å². The molecule has 5 nitrogen and oxygen atoms in total. The fourth-order valence-electron chi connectivity index (χ4n) is 0.147. The van der Waals surface area contributed by atoms with Gasteiger partial charge in [0.15, 0.2) is 0 Å². The highest BCUT2D eigenvalue weighted by Crippen LogP contribution is 1.89. The van der Waals surface area contributed by atoms with E-state index in [0.717, 1.165) is 0 Å². The van der Waals surface area contributed by atoms with Crippen molar-refractivity contribution in [1.82, 2.24) is 0 Å². The SMILES string of the molecule is C=C.C=C.C=C.C=C.C=C.C=C.C=C.C=C.C=C(C)C(=O)OOC.OCCO. The first-order chi connectivity index (χ1) is 13.6. The molecule has 0 aromatic carbocycles. The van der Waals surface area contributed by atoms with Crippen molar-refractivity contribution in [2.75, 3.05) is 20.3 Å². The van der Waals surface area contributed by atoms with Crippen LogP contribution in [0.15, 0.2) is 117 Å². The summed E-state index contributed by atoms with van der Waals surface area (Å²) >= 11 is 0. The van der Waals surface area contributed by atoms with Crippen LogP contribution in [0.3, 0.4) is 0 Å². The molecular formula is C23H46O5. The summed E-state index contributed by atoms with van der Waals surface area (Å²) in [5, 5.41) is 15.2. The Labute approximate surface area is 176 Å². The average Bonchev–Trinajstić information content (AvgIpc) is 2.84. The Bertz CT molecular complexity index is 205. The topological polar surface area (TPSA) is 76.0 Å². The summed E-state index contributed by atoms with van der Waals surface area (Å²) in [6, 6.07) is 0. The van der Waals surface area contributed by atoms with Crippen LogP contribution in [0.1, 0.15) is 6.92 Å². The van der Waals surface area contributed by atoms with Crippen molar-refractivity contribution in [3.05, 3.63) is 117 Å². The van der Waals surface area contributed by atoms with Crippen LogP contribution in [0.5, 0.6) is 0 Å². The summed E-state index contributed by atoms with van der Waals surface area (Å²) in [5.41, 5.74) is 0.326. The molecule has 0 rings (SSSR count). The van der Waals surface area contributed by atoms with Crippen LogP contribution >= 0.6 is 0 Å². The van der Waals surface area contributed by atoms with Gasteiger partial charge in [0.25, 0.3) is 0 Å². The lowest BCUT2D eigenvalue weighted by molar-refractivity contribution is -0.250. The van der Waals surface area contributed by atoms with Gasteiger partial charge < -0.3 is 10.2 Å². The Balaban J connectivity index is -0.0000000176. The van der Waals surface area contributed by atoms with E-state index >= 15 is 0 Å². The standard InChI is InChI=1S/C5H8O3.C2H6O2.8C2H4/c1-4(2)5(6)8-7-3;3-1-2-4;8*1-2/h1H2,2-3H3;3-4H,1-2H2;8*1-2H2. The Morgan fingerprint density at radius 2 is 0.821 bits per heavy atom. The van der Waals surface area contributed by atoms with E-state index in [0.29, 0.717) is 5.57 Å². The molecule has 0 fully saturated rings. The zero-order chi connectivity index (χ0) is 26.0. The van der Waals surface area contributed by atoms with Crippen LogP contribution in [0.2, 0.25) is 0 Å². The highest BCUT2D eigenvalue weighted by Gasteiger charge is 2.00. The fraction of sp³-hybridized carbons (Fsp3) is 0.174. The predicted molar refractivity (Wildman–Crippen MR) is 132 cm³/mol. The Morgan fingerprint density at radius 3 is 0.857 bits per heavy atom. The number of rotatable bonds is 3. The van der Waals surface area contributed by atoms with E-state index in [4.69, 9.17) is 10.2 Å². The van der Waals surface area contributed by atoms with Gasteiger partial charge >= 0.3 is 5.97 Å². The highest BCUT2D eigenvalue weighted by molar-refractivity contribution is 5.86. The van der Waals surface area contributed by atoms with Crippen LogP contribution in [0, 0.1) is 0 Å². The zero-order valence-corrected chi connectivity index (χ0v) is 18.6. The lowest BCUT2D eigenvalue weighted by Gasteiger charge is -1.94. The van der Waals surface area contributed by atoms with Gasteiger partial charge in [-0.2, -0.15) is 4.89 Å². The van der Waals surface area contributed by atoms with Crippen LogP contribution in [0.4, 0.5) is 0 Å². The molecule has 0 aliphatic rings. The number of hydrogen-bond acceptors (Lipinski definition) is 5. The lowest BCUT2D eigenvalue weighted by Crippen LogP contribution is -2.02. The van der Waals surface area contributed by atoms with Crippen LogP contribution < -0.4 is 0 Å². The molecule has 0 unspecified atom stereocenters. The monoisotopic (exact) mass is 402 g/mol. The van der Waals surface area contributed by atoms with Gasteiger partial charge in [0.2, 0.25) is 0 Å². The maximum absolute atomic E-state index is 10.3. The maximum Gasteiger partial charge on any atom is 0.368 e. The molecule has 0 aromatic heterocycles. The molecule has 0 radical (unpaired) electrons. The van der Waals surface area contributed by atoms with E-state index in [1.165, 1.54) is 7.11 Å². The smallest absolute Gasteiger partial charge is 0.368 e. The summed E-state index contributed by atoms with van der Waals surface area (Å²) in [6.45, 7) is 52.6. The first-order valence-corrected chi connectivity index (χ1v) is 7.22.